The van der Waals surface area contributed by atoms with Gasteiger partial charge in [0.1, 0.15) is 17.6 Å². The minimum atomic E-state index is -0.741. The minimum Gasteiger partial charge on any atom is -0.463 e. The Balaban J connectivity index is 1.83. The van der Waals surface area contributed by atoms with Crippen molar-refractivity contribution >= 4 is 34.7 Å². The van der Waals surface area contributed by atoms with E-state index in [0.717, 1.165) is 5.56 Å². The third kappa shape index (κ3) is 4.10. The molecular weight excluding hydrogens is 430 g/mol. The van der Waals surface area contributed by atoms with Crippen molar-refractivity contribution in [2.45, 2.75) is 13.0 Å². The molecule has 0 unspecified atom stereocenters. The van der Waals surface area contributed by atoms with Gasteiger partial charge < -0.3 is 19.8 Å². The standard InChI is InChI=1S/C23H19N3O5S/c1-2-30-22(27)19-20(14-8-4-3-5-9-14)24-23(32)25-21(19)18-13-12-17(31-18)15-10-6-7-11-16(15)26(28)29/h3-13,21H,2H2,1H3,(H2,24,25,32)/t21-/m1/s1. The second-order valence-electron chi connectivity index (χ2n) is 6.88. The summed E-state index contributed by atoms with van der Waals surface area (Å²) < 4.78 is 11.3. The van der Waals surface area contributed by atoms with Gasteiger partial charge in [-0.3, -0.25) is 10.1 Å². The van der Waals surface area contributed by atoms with Crippen molar-refractivity contribution in [3.05, 3.63) is 93.7 Å². The molecule has 1 aliphatic heterocycles. The molecule has 0 amide bonds. The molecule has 4 rings (SSSR count). The molecule has 1 aromatic heterocycles. The number of rotatable bonds is 6. The Hall–Kier alpha value is -3.98. The van der Waals surface area contributed by atoms with E-state index in [4.69, 9.17) is 21.4 Å². The molecule has 32 heavy (non-hydrogen) atoms. The number of furan rings is 1. The first-order valence-electron chi connectivity index (χ1n) is 9.87. The van der Waals surface area contributed by atoms with Gasteiger partial charge in [0.2, 0.25) is 0 Å². The van der Waals surface area contributed by atoms with Gasteiger partial charge in [-0.15, -0.1) is 0 Å². The normalized spacial score (nSPS) is 15.7. The van der Waals surface area contributed by atoms with Crippen LogP contribution in [0.1, 0.15) is 24.3 Å². The monoisotopic (exact) mass is 449 g/mol. The van der Waals surface area contributed by atoms with E-state index in [0.29, 0.717) is 33.5 Å². The number of carbonyl (C=O) groups is 1. The van der Waals surface area contributed by atoms with Crippen molar-refractivity contribution in [2.75, 3.05) is 6.61 Å². The van der Waals surface area contributed by atoms with Gasteiger partial charge in [-0.05, 0) is 42.9 Å². The molecule has 8 nitrogen and oxygen atoms in total. The predicted molar refractivity (Wildman–Crippen MR) is 122 cm³/mol. The summed E-state index contributed by atoms with van der Waals surface area (Å²) >= 11 is 5.38. The summed E-state index contributed by atoms with van der Waals surface area (Å²) in [5.41, 5.74) is 1.84. The van der Waals surface area contributed by atoms with Gasteiger partial charge in [-0.1, -0.05) is 42.5 Å². The van der Waals surface area contributed by atoms with Crippen molar-refractivity contribution in [1.29, 1.82) is 0 Å². The Bertz CT molecular complexity index is 1220. The van der Waals surface area contributed by atoms with Crippen LogP contribution < -0.4 is 10.6 Å². The van der Waals surface area contributed by atoms with E-state index in [1.807, 2.05) is 30.3 Å². The van der Waals surface area contributed by atoms with E-state index in [1.165, 1.54) is 6.07 Å². The lowest BCUT2D eigenvalue weighted by Gasteiger charge is -2.29. The Morgan fingerprint density at radius 2 is 1.84 bits per heavy atom. The van der Waals surface area contributed by atoms with Crippen LogP contribution in [0, 0.1) is 10.1 Å². The number of nitrogens with one attached hydrogen (secondary N) is 2. The van der Waals surface area contributed by atoms with Crippen LogP contribution in [0.4, 0.5) is 5.69 Å². The van der Waals surface area contributed by atoms with E-state index in [1.54, 1.807) is 37.3 Å². The number of nitro groups is 1. The summed E-state index contributed by atoms with van der Waals surface area (Å²) in [6.45, 7) is 1.92. The zero-order chi connectivity index (χ0) is 22.7. The van der Waals surface area contributed by atoms with Crippen LogP contribution in [0.3, 0.4) is 0 Å². The smallest absolute Gasteiger partial charge is 0.338 e. The number of benzene rings is 2. The molecule has 162 valence electrons. The van der Waals surface area contributed by atoms with Gasteiger partial charge in [-0.2, -0.15) is 0 Å². The second-order valence-corrected chi connectivity index (χ2v) is 7.29. The summed E-state index contributed by atoms with van der Waals surface area (Å²) in [6, 6.07) is 18.2. The molecule has 0 fully saturated rings. The highest BCUT2D eigenvalue weighted by Crippen LogP contribution is 2.36. The summed E-state index contributed by atoms with van der Waals surface area (Å²) in [6.07, 6.45) is 0. The van der Waals surface area contributed by atoms with Gasteiger partial charge in [0, 0.05) is 6.07 Å². The number of nitro benzene ring substituents is 1. The second kappa shape index (κ2) is 9.03. The fraction of sp³-hybridized carbons (Fsp3) is 0.130. The maximum atomic E-state index is 13.0. The zero-order valence-electron chi connectivity index (χ0n) is 17.0. The number of hydrogen-bond donors (Lipinski definition) is 2. The number of carbonyl (C=O) groups excluding carboxylic acids is 1. The summed E-state index contributed by atoms with van der Waals surface area (Å²) in [7, 11) is 0. The molecule has 0 spiro atoms. The van der Waals surface area contributed by atoms with Crippen molar-refractivity contribution < 1.29 is 18.9 Å². The van der Waals surface area contributed by atoms with E-state index in [2.05, 4.69) is 10.6 Å². The van der Waals surface area contributed by atoms with Crippen LogP contribution in [-0.4, -0.2) is 22.6 Å². The first kappa shape index (κ1) is 21.3. The zero-order valence-corrected chi connectivity index (χ0v) is 17.8. The van der Waals surface area contributed by atoms with E-state index < -0.39 is 16.9 Å². The molecule has 2 N–H and O–H groups in total. The Kier molecular flexibility index (Phi) is 6.00. The molecule has 1 aliphatic rings. The van der Waals surface area contributed by atoms with E-state index in [9.17, 15) is 14.9 Å². The van der Waals surface area contributed by atoms with Crippen molar-refractivity contribution in [3.8, 4) is 11.3 Å². The predicted octanol–water partition coefficient (Wildman–Crippen LogP) is 4.35. The molecule has 2 aromatic carbocycles. The van der Waals surface area contributed by atoms with Gasteiger partial charge in [-0.25, -0.2) is 4.79 Å². The number of nitrogens with zero attached hydrogens (tertiary/aromatic N) is 1. The summed E-state index contributed by atoms with van der Waals surface area (Å²) in [5.74, 6) is 0.156. The van der Waals surface area contributed by atoms with E-state index >= 15 is 0 Å². The molecule has 0 saturated carbocycles. The molecule has 1 atom stereocenters. The SMILES string of the molecule is CCOC(=O)C1=C(c2ccccc2)NC(=S)N[C@@H]1c1ccc(-c2ccccc2[N+](=O)[O-])o1. The molecule has 3 aromatic rings. The van der Waals surface area contributed by atoms with Gasteiger partial charge >= 0.3 is 5.97 Å². The summed E-state index contributed by atoms with van der Waals surface area (Å²) in [4.78, 5) is 23.9. The number of hydrogen-bond acceptors (Lipinski definition) is 6. The molecule has 0 saturated heterocycles. The number of esters is 1. The molecule has 2 heterocycles. The molecule has 0 bridgehead atoms. The average Bonchev–Trinajstić information content (AvgIpc) is 3.29. The van der Waals surface area contributed by atoms with Crippen LogP contribution in [0.25, 0.3) is 17.0 Å². The Morgan fingerprint density at radius 3 is 2.56 bits per heavy atom. The summed E-state index contributed by atoms with van der Waals surface area (Å²) in [5, 5.41) is 17.8. The van der Waals surface area contributed by atoms with Gasteiger partial charge in [0.05, 0.1) is 28.4 Å². The highest BCUT2D eigenvalue weighted by Gasteiger charge is 2.35. The molecular formula is C23H19N3O5S. The maximum Gasteiger partial charge on any atom is 0.338 e. The molecule has 0 radical (unpaired) electrons. The van der Waals surface area contributed by atoms with Crippen molar-refractivity contribution in [3.63, 3.8) is 0 Å². The van der Waals surface area contributed by atoms with Crippen LogP contribution in [0.15, 0.2) is 76.7 Å². The largest absolute Gasteiger partial charge is 0.463 e. The van der Waals surface area contributed by atoms with Crippen LogP contribution in [0.5, 0.6) is 0 Å². The van der Waals surface area contributed by atoms with Crippen LogP contribution >= 0.6 is 12.2 Å². The first-order valence-corrected chi connectivity index (χ1v) is 10.3. The lowest BCUT2D eigenvalue weighted by molar-refractivity contribution is -0.384. The molecule has 0 aliphatic carbocycles. The highest BCUT2D eigenvalue weighted by molar-refractivity contribution is 7.80. The number of thiocarbonyl (C=S) groups is 1. The third-order valence-electron chi connectivity index (χ3n) is 4.91. The van der Waals surface area contributed by atoms with Crippen molar-refractivity contribution in [1.82, 2.24) is 10.6 Å². The lowest BCUT2D eigenvalue weighted by atomic mass is 9.96. The third-order valence-corrected chi connectivity index (χ3v) is 5.13. The Morgan fingerprint density at radius 1 is 1.12 bits per heavy atom. The van der Waals surface area contributed by atoms with Crippen molar-refractivity contribution in [2.24, 2.45) is 0 Å². The fourth-order valence-corrected chi connectivity index (χ4v) is 3.75. The number of ether oxygens (including phenoxy) is 1. The van der Waals surface area contributed by atoms with Crippen LogP contribution in [0.2, 0.25) is 0 Å². The first-order chi connectivity index (χ1) is 15.5. The minimum absolute atomic E-state index is 0.0756. The fourth-order valence-electron chi connectivity index (χ4n) is 3.53. The van der Waals surface area contributed by atoms with Crippen LogP contribution in [-0.2, 0) is 9.53 Å². The average molecular weight is 449 g/mol. The lowest BCUT2D eigenvalue weighted by Crippen LogP contribution is -2.45. The number of para-hydroxylation sites is 1. The maximum absolute atomic E-state index is 13.0. The molecule has 9 heteroatoms. The highest BCUT2D eigenvalue weighted by atomic mass is 32.1. The van der Waals surface area contributed by atoms with Gasteiger partial charge in [0.25, 0.3) is 5.69 Å². The Labute approximate surface area is 189 Å². The topological polar surface area (TPSA) is 107 Å². The van der Waals surface area contributed by atoms with Gasteiger partial charge in [0.15, 0.2) is 5.11 Å². The van der Waals surface area contributed by atoms with E-state index in [-0.39, 0.29) is 12.3 Å². The quantitative estimate of drug-likeness (QED) is 0.248.